The predicted octanol–water partition coefficient (Wildman–Crippen LogP) is 3.99. The Labute approximate surface area is 164 Å². The highest BCUT2D eigenvalue weighted by molar-refractivity contribution is 7.15. The summed E-state index contributed by atoms with van der Waals surface area (Å²) >= 11 is 2.71. The molecule has 2 aromatic heterocycles. The first-order valence-electron chi connectivity index (χ1n) is 8.57. The van der Waals surface area contributed by atoms with Crippen LogP contribution < -0.4 is 10.2 Å². The summed E-state index contributed by atoms with van der Waals surface area (Å²) in [4.78, 5) is 27.1. The van der Waals surface area contributed by atoms with Gasteiger partial charge in [0.15, 0.2) is 0 Å². The molecule has 27 heavy (non-hydrogen) atoms. The van der Waals surface area contributed by atoms with E-state index in [1.165, 1.54) is 33.8 Å². The summed E-state index contributed by atoms with van der Waals surface area (Å²) in [5.74, 6) is -0.112. The fourth-order valence-corrected chi connectivity index (χ4v) is 4.48. The van der Waals surface area contributed by atoms with Gasteiger partial charge in [-0.25, -0.2) is 0 Å². The number of amides is 2. The maximum absolute atomic E-state index is 12.5. The lowest BCUT2D eigenvalue weighted by molar-refractivity contribution is -0.117. The molecule has 4 rings (SSSR count). The molecule has 0 radical (unpaired) electrons. The monoisotopic (exact) mass is 398 g/mol. The van der Waals surface area contributed by atoms with Crippen molar-refractivity contribution in [2.45, 2.75) is 26.2 Å². The van der Waals surface area contributed by atoms with Crippen LogP contribution >= 0.6 is 22.7 Å². The topological polar surface area (TPSA) is 75.2 Å². The second kappa shape index (κ2) is 7.21. The first-order chi connectivity index (χ1) is 13.0. The van der Waals surface area contributed by atoms with E-state index in [4.69, 9.17) is 0 Å². The van der Waals surface area contributed by atoms with Gasteiger partial charge in [0.2, 0.25) is 11.0 Å². The number of aromatic nitrogens is 2. The maximum atomic E-state index is 12.5. The van der Waals surface area contributed by atoms with Crippen LogP contribution in [0.2, 0.25) is 0 Å². The van der Waals surface area contributed by atoms with Gasteiger partial charge in [-0.3, -0.25) is 14.9 Å². The minimum atomic E-state index is -0.188. The summed E-state index contributed by atoms with van der Waals surface area (Å²) < 4.78 is 0. The van der Waals surface area contributed by atoms with Crippen LogP contribution in [-0.2, 0) is 4.79 Å². The van der Waals surface area contributed by atoms with Crippen LogP contribution in [0.15, 0.2) is 35.7 Å². The molecule has 1 aliphatic rings. The molecule has 1 atom stereocenters. The number of hydrogen-bond acceptors (Lipinski definition) is 6. The number of thiophene rings is 1. The molecule has 6 nitrogen and oxygen atoms in total. The molecule has 1 saturated heterocycles. The van der Waals surface area contributed by atoms with Crippen molar-refractivity contribution in [3.63, 3.8) is 0 Å². The van der Waals surface area contributed by atoms with Gasteiger partial charge in [-0.05, 0) is 48.6 Å². The van der Waals surface area contributed by atoms with E-state index in [9.17, 15) is 9.59 Å². The summed E-state index contributed by atoms with van der Waals surface area (Å²) in [5.41, 5.74) is 3.29. The van der Waals surface area contributed by atoms with E-state index in [1.807, 2.05) is 41.5 Å². The average Bonchev–Trinajstić information content (AvgIpc) is 3.38. The second-order valence-corrected chi connectivity index (χ2v) is 8.51. The van der Waals surface area contributed by atoms with Crippen LogP contribution in [0, 0.1) is 13.8 Å². The van der Waals surface area contributed by atoms with Crippen LogP contribution in [-0.4, -0.2) is 28.6 Å². The summed E-state index contributed by atoms with van der Waals surface area (Å²) in [6.07, 6.45) is 0.403. The van der Waals surface area contributed by atoms with Gasteiger partial charge in [-0.1, -0.05) is 23.5 Å². The number of nitrogens with one attached hydrogen (secondary N) is 1. The molecule has 0 bridgehead atoms. The molecule has 1 aliphatic heterocycles. The van der Waals surface area contributed by atoms with Crippen LogP contribution in [0.4, 0.5) is 10.8 Å². The van der Waals surface area contributed by atoms with Crippen LogP contribution in [0.3, 0.4) is 0 Å². The smallest absolute Gasteiger partial charge is 0.267 e. The number of carbonyl (C=O) groups is 2. The Morgan fingerprint density at radius 2 is 2.07 bits per heavy atom. The Kier molecular flexibility index (Phi) is 4.75. The van der Waals surface area contributed by atoms with Crippen molar-refractivity contribution in [3.05, 3.63) is 56.7 Å². The zero-order valence-electron chi connectivity index (χ0n) is 14.9. The molecule has 1 fully saturated rings. The summed E-state index contributed by atoms with van der Waals surface area (Å²) in [5, 5.41) is 14.1. The lowest BCUT2D eigenvalue weighted by atomic mass is 10.1. The van der Waals surface area contributed by atoms with Crippen LogP contribution in [0.25, 0.3) is 0 Å². The van der Waals surface area contributed by atoms with Crippen molar-refractivity contribution in [1.29, 1.82) is 0 Å². The highest BCUT2D eigenvalue weighted by Crippen LogP contribution is 2.34. The van der Waals surface area contributed by atoms with E-state index < -0.39 is 0 Å². The second-order valence-electron chi connectivity index (χ2n) is 6.55. The standard InChI is InChI=1S/C19H18N4O2S2/c1-11-5-6-14(8-12(11)2)23-10-13(9-16(23)24)18-21-22-19(27-18)20-17(25)15-4-3-7-26-15/h3-8,13H,9-10H2,1-2H3,(H,20,22,25)/t13-/m1/s1. The minimum absolute atomic E-state index is 0.0102. The van der Waals surface area contributed by atoms with E-state index in [0.29, 0.717) is 23.0 Å². The van der Waals surface area contributed by atoms with Crippen molar-refractivity contribution in [2.75, 3.05) is 16.8 Å². The lowest BCUT2D eigenvalue weighted by Gasteiger charge is -2.17. The molecule has 1 aromatic carbocycles. The molecule has 8 heteroatoms. The zero-order chi connectivity index (χ0) is 19.0. The minimum Gasteiger partial charge on any atom is -0.312 e. The molecule has 0 aliphatic carbocycles. The first-order valence-corrected chi connectivity index (χ1v) is 10.3. The first kappa shape index (κ1) is 17.8. The van der Waals surface area contributed by atoms with E-state index in [-0.39, 0.29) is 17.7 Å². The number of aryl methyl sites for hydroxylation is 2. The van der Waals surface area contributed by atoms with Gasteiger partial charge in [0.1, 0.15) is 5.01 Å². The van der Waals surface area contributed by atoms with Gasteiger partial charge >= 0.3 is 0 Å². The van der Waals surface area contributed by atoms with Crippen molar-refractivity contribution >= 4 is 45.3 Å². The van der Waals surface area contributed by atoms with E-state index >= 15 is 0 Å². The van der Waals surface area contributed by atoms with Gasteiger partial charge in [-0.15, -0.1) is 21.5 Å². The largest absolute Gasteiger partial charge is 0.312 e. The van der Waals surface area contributed by atoms with E-state index in [1.54, 1.807) is 6.07 Å². The van der Waals surface area contributed by atoms with Crippen molar-refractivity contribution in [2.24, 2.45) is 0 Å². The van der Waals surface area contributed by atoms with Gasteiger partial charge in [0.25, 0.3) is 5.91 Å². The number of benzene rings is 1. The third-order valence-corrected chi connectivity index (χ3v) is 6.55. The molecule has 3 aromatic rings. The Morgan fingerprint density at radius 1 is 1.22 bits per heavy atom. The fourth-order valence-electron chi connectivity index (χ4n) is 3.03. The Hall–Kier alpha value is -2.58. The van der Waals surface area contributed by atoms with Gasteiger partial charge < -0.3 is 4.90 Å². The summed E-state index contributed by atoms with van der Waals surface area (Å²) in [7, 11) is 0. The van der Waals surface area contributed by atoms with Crippen molar-refractivity contribution in [3.8, 4) is 0 Å². The fraction of sp³-hybridized carbons (Fsp3) is 0.263. The highest BCUT2D eigenvalue weighted by Gasteiger charge is 2.34. The predicted molar refractivity (Wildman–Crippen MR) is 108 cm³/mol. The average molecular weight is 399 g/mol. The van der Waals surface area contributed by atoms with E-state index in [0.717, 1.165) is 10.7 Å². The Morgan fingerprint density at radius 3 is 2.81 bits per heavy atom. The quantitative estimate of drug-likeness (QED) is 0.721. The van der Waals surface area contributed by atoms with Crippen molar-refractivity contribution in [1.82, 2.24) is 10.2 Å². The molecule has 0 spiro atoms. The highest BCUT2D eigenvalue weighted by atomic mass is 32.1. The molecule has 0 unspecified atom stereocenters. The number of anilines is 2. The lowest BCUT2D eigenvalue weighted by Crippen LogP contribution is -2.24. The van der Waals surface area contributed by atoms with Crippen LogP contribution in [0.5, 0.6) is 0 Å². The number of carbonyl (C=O) groups excluding carboxylic acids is 2. The van der Waals surface area contributed by atoms with Crippen molar-refractivity contribution < 1.29 is 9.59 Å². The van der Waals surface area contributed by atoms with E-state index in [2.05, 4.69) is 22.4 Å². The molecular formula is C19H18N4O2S2. The number of rotatable bonds is 4. The summed E-state index contributed by atoms with van der Waals surface area (Å²) in [6.45, 7) is 4.68. The SMILES string of the molecule is Cc1ccc(N2C[C@H](c3nnc(NC(=O)c4cccs4)s3)CC2=O)cc1C. The normalized spacial score (nSPS) is 16.7. The maximum Gasteiger partial charge on any atom is 0.267 e. The molecule has 0 saturated carbocycles. The van der Waals surface area contributed by atoms with Gasteiger partial charge in [-0.2, -0.15) is 0 Å². The van der Waals surface area contributed by atoms with Gasteiger partial charge in [0, 0.05) is 24.6 Å². The third kappa shape index (κ3) is 3.63. The van der Waals surface area contributed by atoms with Gasteiger partial charge in [0.05, 0.1) is 4.88 Å². The molecule has 2 amide bonds. The molecule has 138 valence electrons. The third-order valence-electron chi connectivity index (χ3n) is 4.68. The Balaban J connectivity index is 1.47. The Bertz CT molecular complexity index is 997. The molecule has 1 N–H and O–H groups in total. The summed E-state index contributed by atoms with van der Waals surface area (Å²) in [6, 6.07) is 9.65. The number of hydrogen-bond donors (Lipinski definition) is 1. The number of nitrogens with zero attached hydrogens (tertiary/aromatic N) is 3. The molecular weight excluding hydrogens is 380 g/mol. The van der Waals surface area contributed by atoms with Crippen LogP contribution in [0.1, 0.15) is 38.1 Å². The zero-order valence-corrected chi connectivity index (χ0v) is 16.6. The molecule has 3 heterocycles.